The van der Waals surface area contributed by atoms with Crippen LogP contribution in [0.5, 0.6) is 5.75 Å². The summed E-state index contributed by atoms with van der Waals surface area (Å²) in [6.45, 7) is 0. The summed E-state index contributed by atoms with van der Waals surface area (Å²) in [5.41, 5.74) is 2.85. The Hall–Kier alpha value is -3.17. The Morgan fingerprint density at radius 1 is 1.13 bits per heavy atom. The van der Waals surface area contributed by atoms with E-state index < -0.39 is 0 Å². The number of anilines is 1. The van der Waals surface area contributed by atoms with Crippen LogP contribution in [0.25, 0.3) is 11.3 Å². The molecule has 30 heavy (non-hydrogen) atoms. The van der Waals surface area contributed by atoms with Crippen LogP contribution in [-0.2, 0) is 11.2 Å². The van der Waals surface area contributed by atoms with E-state index in [2.05, 4.69) is 20.5 Å². The second-order valence-corrected chi connectivity index (χ2v) is 8.01. The Morgan fingerprint density at radius 3 is 2.70 bits per heavy atom. The van der Waals surface area contributed by atoms with Gasteiger partial charge in [0.05, 0.1) is 25.0 Å². The van der Waals surface area contributed by atoms with Crippen LogP contribution in [0.3, 0.4) is 0 Å². The maximum Gasteiger partial charge on any atom is 0.277 e. The zero-order valence-electron chi connectivity index (χ0n) is 16.1. The second kappa shape index (κ2) is 9.55. The van der Waals surface area contributed by atoms with Crippen molar-refractivity contribution >= 4 is 34.1 Å². The van der Waals surface area contributed by atoms with Gasteiger partial charge in [-0.2, -0.15) is 0 Å². The lowest BCUT2D eigenvalue weighted by Gasteiger charge is -2.01. The van der Waals surface area contributed by atoms with Crippen LogP contribution < -0.4 is 10.1 Å². The van der Waals surface area contributed by atoms with Gasteiger partial charge in [0, 0.05) is 10.9 Å². The molecule has 0 aliphatic heterocycles. The molecule has 0 aliphatic carbocycles. The smallest absolute Gasteiger partial charge is 0.277 e. The number of nitrogens with one attached hydrogen (secondary N) is 1. The van der Waals surface area contributed by atoms with Crippen LogP contribution in [0.15, 0.2) is 69.6 Å². The fourth-order valence-corrected chi connectivity index (χ4v) is 3.96. The number of thioether (sulfide) groups is 1. The average Bonchev–Trinajstić information content (AvgIpc) is 3.43. The number of ether oxygens (including phenoxy) is 1. The summed E-state index contributed by atoms with van der Waals surface area (Å²) in [6.07, 6.45) is 0.563. The molecule has 1 amide bonds. The van der Waals surface area contributed by atoms with Gasteiger partial charge in [-0.25, -0.2) is 4.98 Å². The summed E-state index contributed by atoms with van der Waals surface area (Å²) < 4.78 is 10.8. The van der Waals surface area contributed by atoms with Gasteiger partial charge in [-0.05, 0) is 29.8 Å². The van der Waals surface area contributed by atoms with E-state index in [-0.39, 0.29) is 11.7 Å². The fraction of sp³-hybridized carbons (Fsp3) is 0.143. The van der Waals surface area contributed by atoms with E-state index in [0.717, 1.165) is 22.6 Å². The van der Waals surface area contributed by atoms with E-state index in [9.17, 15) is 4.79 Å². The molecular formula is C21H18N4O3S2. The number of rotatable bonds is 8. The third kappa shape index (κ3) is 5.25. The van der Waals surface area contributed by atoms with E-state index in [0.29, 0.717) is 22.7 Å². The van der Waals surface area contributed by atoms with Crippen LogP contribution in [0.2, 0.25) is 0 Å². The first-order valence-corrected chi connectivity index (χ1v) is 10.9. The van der Waals surface area contributed by atoms with Crippen molar-refractivity contribution in [1.29, 1.82) is 0 Å². The van der Waals surface area contributed by atoms with E-state index in [1.807, 2.05) is 60.0 Å². The summed E-state index contributed by atoms with van der Waals surface area (Å²) in [7, 11) is 1.63. The highest BCUT2D eigenvalue weighted by molar-refractivity contribution is 7.99. The summed E-state index contributed by atoms with van der Waals surface area (Å²) in [5.74, 6) is 1.28. The molecule has 1 N–H and O–H groups in total. The van der Waals surface area contributed by atoms with E-state index >= 15 is 0 Å². The molecule has 2 aromatic heterocycles. The number of benzene rings is 2. The molecular weight excluding hydrogens is 420 g/mol. The normalized spacial score (nSPS) is 10.7. The molecule has 2 aromatic carbocycles. The van der Waals surface area contributed by atoms with Crippen molar-refractivity contribution in [3.63, 3.8) is 0 Å². The Morgan fingerprint density at radius 2 is 1.93 bits per heavy atom. The predicted molar refractivity (Wildman–Crippen MR) is 117 cm³/mol. The lowest BCUT2D eigenvalue weighted by molar-refractivity contribution is -0.113. The Labute approximate surface area is 181 Å². The molecule has 4 rings (SSSR count). The molecule has 7 nitrogen and oxygen atoms in total. The van der Waals surface area contributed by atoms with Crippen molar-refractivity contribution in [3.8, 4) is 17.0 Å². The van der Waals surface area contributed by atoms with Crippen molar-refractivity contribution < 1.29 is 13.9 Å². The molecule has 0 saturated heterocycles. The van der Waals surface area contributed by atoms with Crippen LogP contribution in [0.1, 0.15) is 11.5 Å². The molecule has 0 aliphatic rings. The highest BCUT2D eigenvalue weighted by atomic mass is 32.2. The molecule has 2 heterocycles. The summed E-state index contributed by atoms with van der Waals surface area (Å²) in [4.78, 5) is 16.7. The number of aromatic nitrogens is 3. The minimum absolute atomic E-state index is 0.157. The molecule has 0 unspecified atom stereocenters. The number of methoxy groups -OCH3 is 1. The maximum atomic E-state index is 12.2. The number of amides is 1. The third-order valence-electron chi connectivity index (χ3n) is 4.11. The SMILES string of the molecule is COc1ccc(-c2csc(NC(=O)CSc3nnc(Cc4ccccc4)o3)n2)cc1. The van der Waals surface area contributed by atoms with Gasteiger partial charge in [-0.1, -0.05) is 42.1 Å². The molecule has 4 aromatic rings. The van der Waals surface area contributed by atoms with Gasteiger partial charge in [0.25, 0.3) is 5.22 Å². The van der Waals surface area contributed by atoms with Gasteiger partial charge in [0.2, 0.25) is 11.8 Å². The van der Waals surface area contributed by atoms with Crippen molar-refractivity contribution in [2.45, 2.75) is 11.6 Å². The van der Waals surface area contributed by atoms with Crippen molar-refractivity contribution in [1.82, 2.24) is 15.2 Å². The van der Waals surface area contributed by atoms with Crippen LogP contribution in [0.4, 0.5) is 5.13 Å². The van der Waals surface area contributed by atoms with Gasteiger partial charge in [-0.3, -0.25) is 4.79 Å². The molecule has 0 fully saturated rings. The molecule has 0 bridgehead atoms. The van der Waals surface area contributed by atoms with Gasteiger partial charge in [-0.15, -0.1) is 21.5 Å². The lowest BCUT2D eigenvalue weighted by atomic mass is 10.2. The standard InChI is InChI=1S/C21H18N4O3S2/c1-27-16-9-7-15(8-10-16)17-12-29-20(22-17)23-18(26)13-30-21-25-24-19(28-21)11-14-5-3-2-4-6-14/h2-10,12H,11,13H2,1H3,(H,22,23,26). The minimum atomic E-state index is -0.182. The fourth-order valence-electron chi connectivity index (χ4n) is 2.65. The number of carbonyl (C=O) groups excluding carboxylic acids is 1. The maximum absolute atomic E-state index is 12.2. The van der Waals surface area contributed by atoms with Crippen LogP contribution >= 0.6 is 23.1 Å². The van der Waals surface area contributed by atoms with Crippen molar-refractivity contribution in [3.05, 3.63) is 71.4 Å². The quantitative estimate of drug-likeness (QED) is 0.404. The average molecular weight is 439 g/mol. The number of carbonyl (C=O) groups is 1. The monoisotopic (exact) mass is 438 g/mol. The molecule has 152 valence electrons. The number of thiazole rings is 1. The zero-order chi connectivity index (χ0) is 20.8. The molecule has 0 saturated carbocycles. The van der Waals surface area contributed by atoms with E-state index in [4.69, 9.17) is 9.15 Å². The van der Waals surface area contributed by atoms with Gasteiger partial charge in [0.1, 0.15) is 5.75 Å². The molecule has 0 spiro atoms. The topological polar surface area (TPSA) is 90.1 Å². The first-order chi connectivity index (χ1) is 14.7. The zero-order valence-corrected chi connectivity index (χ0v) is 17.7. The highest BCUT2D eigenvalue weighted by Crippen LogP contribution is 2.27. The van der Waals surface area contributed by atoms with Gasteiger partial charge in [0.15, 0.2) is 5.13 Å². The largest absolute Gasteiger partial charge is 0.497 e. The number of hydrogen-bond acceptors (Lipinski definition) is 8. The van der Waals surface area contributed by atoms with Crippen LogP contribution in [-0.4, -0.2) is 34.0 Å². The van der Waals surface area contributed by atoms with Crippen LogP contribution in [0, 0.1) is 0 Å². The third-order valence-corrected chi connectivity index (χ3v) is 5.69. The predicted octanol–water partition coefficient (Wildman–Crippen LogP) is 4.52. The highest BCUT2D eigenvalue weighted by Gasteiger charge is 2.12. The Kier molecular flexibility index (Phi) is 6.41. The minimum Gasteiger partial charge on any atom is -0.497 e. The summed E-state index contributed by atoms with van der Waals surface area (Å²) in [6, 6.07) is 17.5. The second-order valence-electron chi connectivity index (χ2n) is 6.23. The van der Waals surface area contributed by atoms with E-state index in [1.54, 1.807) is 7.11 Å². The van der Waals surface area contributed by atoms with Gasteiger partial charge < -0.3 is 14.5 Å². The summed E-state index contributed by atoms with van der Waals surface area (Å²) >= 11 is 2.57. The van der Waals surface area contributed by atoms with Crippen molar-refractivity contribution in [2.75, 3.05) is 18.2 Å². The van der Waals surface area contributed by atoms with Gasteiger partial charge >= 0.3 is 0 Å². The van der Waals surface area contributed by atoms with E-state index in [1.165, 1.54) is 23.1 Å². The molecule has 0 radical (unpaired) electrons. The number of hydrogen-bond donors (Lipinski definition) is 1. The summed E-state index contributed by atoms with van der Waals surface area (Å²) in [5, 5.41) is 13.6. The molecule has 9 heteroatoms. The Bertz CT molecular complexity index is 1110. The first-order valence-electron chi connectivity index (χ1n) is 9.08. The Balaban J connectivity index is 1.28. The lowest BCUT2D eigenvalue weighted by Crippen LogP contribution is -2.13. The number of nitrogens with zero attached hydrogens (tertiary/aromatic N) is 3. The van der Waals surface area contributed by atoms with Crippen molar-refractivity contribution in [2.24, 2.45) is 0 Å². The molecule has 0 atom stereocenters. The first kappa shape index (κ1) is 20.1.